The summed E-state index contributed by atoms with van der Waals surface area (Å²) in [4.78, 5) is 40.3. The molecule has 0 spiro atoms. The highest BCUT2D eigenvalue weighted by Gasteiger charge is 2.46. The third-order valence-electron chi connectivity index (χ3n) is 6.60. The zero-order valence-electron chi connectivity index (χ0n) is 18.6. The number of amides is 3. The van der Waals surface area contributed by atoms with E-state index in [0.29, 0.717) is 11.3 Å². The second kappa shape index (κ2) is 8.37. The van der Waals surface area contributed by atoms with Crippen LogP contribution in [-0.4, -0.2) is 51.0 Å². The average molecular weight is 442 g/mol. The number of carbonyl (C=O) groups is 3. The van der Waals surface area contributed by atoms with E-state index in [2.05, 4.69) is 15.7 Å². The third kappa shape index (κ3) is 3.99. The minimum absolute atomic E-state index is 0.0578. The summed E-state index contributed by atoms with van der Waals surface area (Å²) in [7, 11) is 1.60. The normalized spacial score (nSPS) is 21.2. The number of halogens is 1. The summed E-state index contributed by atoms with van der Waals surface area (Å²) in [5, 5.41) is 10.1. The number of hydrogen-bond acceptors (Lipinski definition) is 4. The molecule has 2 aromatic rings. The van der Waals surface area contributed by atoms with Crippen LogP contribution in [0.5, 0.6) is 0 Å². The topological polar surface area (TPSA) is 96.3 Å². The summed E-state index contributed by atoms with van der Waals surface area (Å²) in [5.74, 6) is -1.49. The molecule has 0 unspecified atom stereocenters. The van der Waals surface area contributed by atoms with Gasteiger partial charge in [-0.25, -0.2) is 4.39 Å². The van der Waals surface area contributed by atoms with Gasteiger partial charge in [0.15, 0.2) is 5.69 Å². The average Bonchev–Trinajstić information content (AvgIpc) is 3.18. The molecule has 1 aromatic carbocycles. The molecule has 1 aliphatic carbocycles. The third-order valence-corrected chi connectivity index (χ3v) is 6.60. The lowest BCUT2D eigenvalue weighted by atomic mass is 9.92. The number of anilines is 1. The molecule has 0 saturated heterocycles. The lowest BCUT2D eigenvalue weighted by Crippen LogP contribution is -2.63. The second-order valence-electron chi connectivity index (χ2n) is 8.93. The summed E-state index contributed by atoms with van der Waals surface area (Å²) in [6, 6.07) is 5.60. The van der Waals surface area contributed by atoms with Crippen LogP contribution in [0.4, 0.5) is 10.1 Å². The summed E-state index contributed by atoms with van der Waals surface area (Å²) < 4.78 is 14.8. The molecule has 1 aliphatic heterocycles. The van der Waals surface area contributed by atoms with E-state index in [1.165, 1.54) is 40.3 Å². The standard InChI is InChI=1S/C23H28FN5O3/c1-14-11-15(24)9-10-17(14)26-20(30)18-12-19-21(31)28(3)23(2,13-29(19)27-18)22(32)25-16-7-5-4-6-8-16/h9-12,16H,4-8,13H2,1-3H3,(H,25,32)(H,26,30)/t23-/m0/s1. The van der Waals surface area contributed by atoms with Crippen molar-refractivity contribution in [1.29, 1.82) is 0 Å². The van der Waals surface area contributed by atoms with E-state index in [1.54, 1.807) is 20.9 Å². The van der Waals surface area contributed by atoms with Crippen LogP contribution in [0.1, 0.15) is 65.6 Å². The van der Waals surface area contributed by atoms with Gasteiger partial charge in [0.25, 0.3) is 11.8 Å². The molecule has 32 heavy (non-hydrogen) atoms. The van der Waals surface area contributed by atoms with Crippen LogP contribution >= 0.6 is 0 Å². The fourth-order valence-electron chi connectivity index (χ4n) is 4.38. The smallest absolute Gasteiger partial charge is 0.276 e. The summed E-state index contributed by atoms with van der Waals surface area (Å²) in [6.07, 6.45) is 5.25. The summed E-state index contributed by atoms with van der Waals surface area (Å²) >= 11 is 0. The predicted molar refractivity (Wildman–Crippen MR) is 117 cm³/mol. The number of hydrogen-bond donors (Lipinski definition) is 2. The zero-order chi connectivity index (χ0) is 23.0. The molecular formula is C23H28FN5O3. The molecule has 4 rings (SSSR count). The van der Waals surface area contributed by atoms with Crippen molar-refractivity contribution >= 4 is 23.4 Å². The quantitative estimate of drug-likeness (QED) is 0.763. The number of aromatic nitrogens is 2. The highest BCUT2D eigenvalue weighted by Crippen LogP contribution is 2.27. The molecule has 2 heterocycles. The minimum Gasteiger partial charge on any atom is -0.351 e. The molecule has 2 N–H and O–H groups in total. The Hall–Kier alpha value is -3.23. The first-order chi connectivity index (χ1) is 15.2. The van der Waals surface area contributed by atoms with Crippen molar-refractivity contribution in [3.8, 4) is 0 Å². The molecule has 170 valence electrons. The Bertz CT molecular complexity index is 1080. The molecule has 2 aliphatic rings. The number of likely N-dealkylation sites (N-methyl/N-ethyl adjacent to an activating group) is 1. The zero-order valence-corrected chi connectivity index (χ0v) is 18.6. The van der Waals surface area contributed by atoms with Gasteiger partial charge in [0.05, 0.1) is 6.54 Å². The van der Waals surface area contributed by atoms with Gasteiger partial charge in [-0.1, -0.05) is 19.3 Å². The van der Waals surface area contributed by atoms with E-state index in [1.807, 2.05) is 0 Å². The Morgan fingerprint density at radius 2 is 1.91 bits per heavy atom. The van der Waals surface area contributed by atoms with Gasteiger partial charge < -0.3 is 15.5 Å². The van der Waals surface area contributed by atoms with Gasteiger partial charge in [-0.15, -0.1) is 0 Å². The van der Waals surface area contributed by atoms with Gasteiger partial charge in [-0.2, -0.15) is 5.10 Å². The van der Waals surface area contributed by atoms with Gasteiger partial charge in [0.2, 0.25) is 5.91 Å². The van der Waals surface area contributed by atoms with Crippen molar-refractivity contribution in [2.45, 2.75) is 64.1 Å². The molecular weight excluding hydrogens is 413 g/mol. The van der Waals surface area contributed by atoms with Gasteiger partial charge in [-0.3, -0.25) is 19.1 Å². The van der Waals surface area contributed by atoms with Crippen molar-refractivity contribution in [3.05, 3.63) is 47.0 Å². The van der Waals surface area contributed by atoms with Crippen molar-refractivity contribution in [3.63, 3.8) is 0 Å². The van der Waals surface area contributed by atoms with Crippen molar-refractivity contribution in [2.24, 2.45) is 0 Å². The number of rotatable bonds is 4. The van der Waals surface area contributed by atoms with Crippen molar-refractivity contribution in [1.82, 2.24) is 20.0 Å². The number of carbonyl (C=O) groups excluding carboxylic acids is 3. The van der Waals surface area contributed by atoms with Gasteiger partial charge >= 0.3 is 0 Å². The van der Waals surface area contributed by atoms with Crippen LogP contribution in [0, 0.1) is 12.7 Å². The molecule has 1 aromatic heterocycles. The maximum absolute atomic E-state index is 13.3. The molecule has 1 atom stereocenters. The van der Waals surface area contributed by atoms with E-state index in [4.69, 9.17) is 0 Å². The van der Waals surface area contributed by atoms with E-state index >= 15 is 0 Å². The van der Waals surface area contributed by atoms with Crippen LogP contribution in [0.3, 0.4) is 0 Å². The molecule has 1 saturated carbocycles. The summed E-state index contributed by atoms with van der Waals surface area (Å²) in [5.41, 5.74) is 0.223. The molecule has 1 fully saturated rings. The number of benzene rings is 1. The van der Waals surface area contributed by atoms with Crippen LogP contribution < -0.4 is 10.6 Å². The molecule has 0 bridgehead atoms. The molecule has 9 heteroatoms. The number of aryl methyl sites for hydroxylation is 1. The second-order valence-corrected chi connectivity index (χ2v) is 8.93. The van der Waals surface area contributed by atoms with E-state index < -0.39 is 17.3 Å². The Morgan fingerprint density at radius 1 is 1.19 bits per heavy atom. The number of nitrogens with zero attached hydrogens (tertiary/aromatic N) is 3. The van der Waals surface area contributed by atoms with Crippen molar-refractivity contribution in [2.75, 3.05) is 12.4 Å². The van der Waals surface area contributed by atoms with Crippen LogP contribution in [0.15, 0.2) is 24.3 Å². The Morgan fingerprint density at radius 3 is 2.59 bits per heavy atom. The largest absolute Gasteiger partial charge is 0.351 e. The van der Waals surface area contributed by atoms with Crippen LogP contribution in [0.25, 0.3) is 0 Å². The maximum Gasteiger partial charge on any atom is 0.276 e. The van der Waals surface area contributed by atoms with E-state index in [0.717, 1.165) is 25.7 Å². The summed E-state index contributed by atoms with van der Waals surface area (Å²) in [6.45, 7) is 3.55. The predicted octanol–water partition coefficient (Wildman–Crippen LogP) is 2.88. The minimum atomic E-state index is -1.12. The highest BCUT2D eigenvalue weighted by molar-refractivity contribution is 6.06. The molecule has 8 nitrogen and oxygen atoms in total. The van der Waals surface area contributed by atoms with Gasteiger partial charge in [-0.05, 0) is 50.5 Å². The Labute approximate surface area is 186 Å². The maximum atomic E-state index is 13.3. The monoisotopic (exact) mass is 441 g/mol. The fourth-order valence-corrected chi connectivity index (χ4v) is 4.38. The Kier molecular flexibility index (Phi) is 5.75. The SMILES string of the molecule is Cc1cc(F)ccc1NC(=O)c1cc2n(n1)C[C@@](C)(C(=O)NC1CCCCC1)N(C)C2=O. The van der Waals surface area contributed by atoms with Crippen LogP contribution in [0.2, 0.25) is 0 Å². The first kappa shape index (κ1) is 22.0. The van der Waals surface area contributed by atoms with E-state index in [-0.39, 0.29) is 35.8 Å². The van der Waals surface area contributed by atoms with E-state index in [9.17, 15) is 18.8 Å². The van der Waals surface area contributed by atoms with Crippen LogP contribution in [-0.2, 0) is 11.3 Å². The van der Waals surface area contributed by atoms with Gasteiger partial charge in [0, 0.05) is 24.8 Å². The lowest BCUT2D eigenvalue weighted by Gasteiger charge is -2.41. The fraction of sp³-hybridized carbons (Fsp3) is 0.478. The van der Waals surface area contributed by atoms with Gasteiger partial charge in [0.1, 0.15) is 17.1 Å². The first-order valence-corrected chi connectivity index (χ1v) is 10.9. The van der Waals surface area contributed by atoms with Crippen molar-refractivity contribution < 1.29 is 18.8 Å². The number of fused-ring (bicyclic) bond motifs is 1. The molecule has 3 amide bonds. The highest BCUT2D eigenvalue weighted by atomic mass is 19.1. The first-order valence-electron chi connectivity index (χ1n) is 10.9. The Balaban J connectivity index is 1.54. The lowest BCUT2D eigenvalue weighted by molar-refractivity contribution is -0.133. The molecule has 0 radical (unpaired) electrons. The number of nitrogens with one attached hydrogen (secondary N) is 2.